The Balaban J connectivity index is 1.67. The van der Waals surface area contributed by atoms with Crippen molar-refractivity contribution in [1.29, 1.82) is 10.5 Å². The second-order valence-electron chi connectivity index (χ2n) is 6.89. The molecule has 1 aliphatic rings. The Labute approximate surface area is 184 Å². The normalized spacial score (nSPS) is 15.2. The van der Waals surface area contributed by atoms with E-state index in [1.165, 1.54) is 11.8 Å². The van der Waals surface area contributed by atoms with Gasteiger partial charge < -0.3 is 15.2 Å². The van der Waals surface area contributed by atoms with Crippen LogP contribution in [0.2, 0.25) is 0 Å². The average Bonchev–Trinajstić information content (AvgIpc) is 3.31. The van der Waals surface area contributed by atoms with Gasteiger partial charge in [0, 0.05) is 23.9 Å². The van der Waals surface area contributed by atoms with E-state index in [0.29, 0.717) is 46.4 Å². The molecule has 1 aromatic carbocycles. The average molecular weight is 430 g/mol. The molecular weight excluding hydrogens is 410 g/mol. The second kappa shape index (κ2) is 9.48. The highest BCUT2D eigenvalue weighted by molar-refractivity contribution is 7.98. The molecule has 0 radical (unpaired) electrons. The number of nitrogen functional groups attached to an aromatic ring is 1. The molecule has 0 saturated carbocycles. The number of nitrogens with zero attached hydrogens (tertiary/aromatic N) is 4. The molecule has 2 aromatic heterocycles. The van der Waals surface area contributed by atoms with Crippen LogP contribution in [-0.4, -0.2) is 29.3 Å². The van der Waals surface area contributed by atoms with Gasteiger partial charge in [0.25, 0.3) is 0 Å². The van der Waals surface area contributed by atoms with Crippen LogP contribution in [0.4, 0.5) is 5.82 Å². The lowest BCUT2D eigenvalue weighted by atomic mass is 9.97. The predicted octanol–water partition coefficient (Wildman–Crippen LogP) is 3.93. The molecule has 1 saturated heterocycles. The third-order valence-corrected chi connectivity index (χ3v) is 5.84. The van der Waals surface area contributed by atoms with E-state index in [1.54, 1.807) is 6.20 Å². The van der Waals surface area contributed by atoms with Gasteiger partial charge in [-0.2, -0.15) is 10.5 Å². The van der Waals surface area contributed by atoms with Crippen LogP contribution in [0.15, 0.2) is 53.7 Å². The summed E-state index contributed by atoms with van der Waals surface area (Å²) < 4.78 is 11.3. The molecule has 0 amide bonds. The first kappa shape index (κ1) is 20.7. The summed E-state index contributed by atoms with van der Waals surface area (Å²) in [7, 11) is 0. The minimum atomic E-state index is 0.0429. The van der Waals surface area contributed by atoms with Crippen molar-refractivity contribution in [3.8, 4) is 29.0 Å². The predicted molar refractivity (Wildman–Crippen MR) is 117 cm³/mol. The van der Waals surface area contributed by atoms with E-state index < -0.39 is 0 Å². The Morgan fingerprint density at radius 2 is 1.94 bits per heavy atom. The molecule has 4 rings (SSSR count). The summed E-state index contributed by atoms with van der Waals surface area (Å²) in [6, 6.07) is 17.3. The molecule has 154 valence electrons. The number of benzene rings is 1. The zero-order valence-corrected chi connectivity index (χ0v) is 17.4. The van der Waals surface area contributed by atoms with Crippen molar-refractivity contribution in [3.05, 3.63) is 65.5 Å². The molecule has 0 unspecified atom stereocenters. The van der Waals surface area contributed by atoms with Crippen LogP contribution >= 0.6 is 11.8 Å². The molecule has 0 aliphatic carbocycles. The highest BCUT2D eigenvalue weighted by Gasteiger charge is 2.21. The number of pyridine rings is 2. The van der Waals surface area contributed by atoms with E-state index >= 15 is 0 Å². The molecule has 3 aromatic rings. The van der Waals surface area contributed by atoms with Crippen LogP contribution < -0.4 is 10.5 Å². The number of thioether (sulfide) groups is 1. The molecule has 8 heteroatoms. The van der Waals surface area contributed by atoms with Gasteiger partial charge in [-0.1, -0.05) is 30.0 Å². The van der Waals surface area contributed by atoms with Crippen LogP contribution in [0.25, 0.3) is 11.1 Å². The summed E-state index contributed by atoms with van der Waals surface area (Å²) >= 11 is 1.37. The maximum Gasteiger partial charge on any atom is 0.143 e. The van der Waals surface area contributed by atoms with Crippen LogP contribution in [0.1, 0.15) is 23.2 Å². The number of ether oxygens (including phenoxy) is 2. The minimum Gasteiger partial charge on any atom is -0.488 e. The first-order chi connectivity index (χ1) is 15.2. The van der Waals surface area contributed by atoms with Gasteiger partial charge in [0.15, 0.2) is 0 Å². The Bertz CT molecular complexity index is 1150. The molecule has 1 fully saturated rings. The molecule has 3 heterocycles. The van der Waals surface area contributed by atoms with Crippen LogP contribution in [0.3, 0.4) is 0 Å². The van der Waals surface area contributed by atoms with Gasteiger partial charge in [-0.3, -0.25) is 4.98 Å². The highest BCUT2D eigenvalue weighted by Crippen LogP contribution is 2.37. The Hall–Kier alpha value is -3.59. The summed E-state index contributed by atoms with van der Waals surface area (Å²) in [5.41, 5.74) is 8.66. The maximum atomic E-state index is 9.91. The molecule has 7 nitrogen and oxygen atoms in total. The number of nitriles is 2. The number of hydrogen-bond donors (Lipinski definition) is 1. The smallest absolute Gasteiger partial charge is 0.143 e. The van der Waals surface area contributed by atoms with E-state index in [9.17, 15) is 10.5 Å². The molecule has 0 spiro atoms. The topological polar surface area (TPSA) is 118 Å². The summed E-state index contributed by atoms with van der Waals surface area (Å²) in [5.74, 6) is 1.34. The first-order valence-electron chi connectivity index (χ1n) is 9.70. The largest absolute Gasteiger partial charge is 0.488 e. The maximum absolute atomic E-state index is 9.91. The van der Waals surface area contributed by atoms with Gasteiger partial charge in [-0.05, 0) is 29.8 Å². The lowest BCUT2D eigenvalue weighted by Gasteiger charge is -2.15. The van der Waals surface area contributed by atoms with Gasteiger partial charge in [0.2, 0.25) is 0 Å². The van der Waals surface area contributed by atoms with Gasteiger partial charge in [0.1, 0.15) is 40.4 Å². The molecule has 1 aliphatic heterocycles. The van der Waals surface area contributed by atoms with E-state index in [4.69, 9.17) is 15.2 Å². The fourth-order valence-corrected chi connectivity index (χ4v) is 4.23. The fourth-order valence-electron chi connectivity index (χ4n) is 3.32. The zero-order chi connectivity index (χ0) is 21.6. The fraction of sp³-hybridized carbons (Fsp3) is 0.217. The molecule has 31 heavy (non-hydrogen) atoms. The number of rotatable bonds is 6. The summed E-state index contributed by atoms with van der Waals surface area (Å²) in [6.07, 6.45) is 2.62. The lowest BCUT2D eigenvalue weighted by Crippen LogP contribution is -2.15. The third kappa shape index (κ3) is 4.61. The lowest BCUT2D eigenvalue weighted by molar-refractivity contribution is 0.141. The summed E-state index contributed by atoms with van der Waals surface area (Å²) in [4.78, 5) is 8.63. The molecule has 1 atom stereocenters. The Morgan fingerprint density at radius 1 is 1.13 bits per heavy atom. The number of nitrogens with two attached hydrogens (primary N) is 1. The van der Waals surface area contributed by atoms with E-state index in [0.717, 1.165) is 12.1 Å². The molecule has 2 N–H and O–H groups in total. The SMILES string of the molecule is N#Cc1c(N)nc(SCc2ccccn2)c(C#N)c1-c1ccc(O[C@@H]2CCOC2)cc1. The number of hydrogen-bond acceptors (Lipinski definition) is 8. The van der Waals surface area contributed by atoms with Crippen LogP contribution in [0.5, 0.6) is 5.75 Å². The first-order valence-corrected chi connectivity index (χ1v) is 10.7. The van der Waals surface area contributed by atoms with Gasteiger partial charge in [-0.25, -0.2) is 4.98 Å². The Morgan fingerprint density at radius 3 is 2.58 bits per heavy atom. The van der Waals surface area contributed by atoms with Crippen molar-refractivity contribution < 1.29 is 9.47 Å². The van der Waals surface area contributed by atoms with Crippen LogP contribution in [0, 0.1) is 22.7 Å². The number of aromatic nitrogens is 2. The molecular formula is C23H19N5O2S. The van der Waals surface area contributed by atoms with Crippen molar-refractivity contribution in [1.82, 2.24) is 9.97 Å². The second-order valence-corrected chi connectivity index (χ2v) is 7.85. The summed E-state index contributed by atoms with van der Waals surface area (Å²) in [5, 5.41) is 20.1. The van der Waals surface area contributed by atoms with Crippen LogP contribution in [-0.2, 0) is 10.5 Å². The zero-order valence-electron chi connectivity index (χ0n) is 16.6. The number of anilines is 1. The summed E-state index contributed by atoms with van der Waals surface area (Å²) in [6.45, 7) is 1.28. The van der Waals surface area contributed by atoms with E-state index in [1.807, 2.05) is 42.5 Å². The van der Waals surface area contributed by atoms with Crippen molar-refractivity contribution in [2.75, 3.05) is 18.9 Å². The van der Waals surface area contributed by atoms with E-state index in [2.05, 4.69) is 22.1 Å². The molecule has 0 bridgehead atoms. The van der Waals surface area contributed by atoms with Gasteiger partial charge in [-0.15, -0.1) is 0 Å². The minimum absolute atomic E-state index is 0.0429. The highest BCUT2D eigenvalue weighted by atomic mass is 32.2. The van der Waals surface area contributed by atoms with Gasteiger partial charge >= 0.3 is 0 Å². The van der Waals surface area contributed by atoms with Crippen molar-refractivity contribution in [2.24, 2.45) is 0 Å². The third-order valence-electron chi connectivity index (χ3n) is 4.83. The Kier molecular flexibility index (Phi) is 6.32. The van der Waals surface area contributed by atoms with Crippen molar-refractivity contribution in [2.45, 2.75) is 23.3 Å². The van der Waals surface area contributed by atoms with Crippen molar-refractivity contribution in [3.63, 3.8) is 0 Å². The van der Waals surface area contributed by atoms with Crippen molar-refractivity contribution >= 4 is 17.6 Å². The monoisotopic (exact) mass is 429 g/mol. The van der Waals surface area contributed by atoms with Gasteiger partial charge in [0.05, 0.1) is 24.5 Å². The standard InChI is InChI=1S/C23H19N5O2S/c24-11-19-21(15-4-6-17(7-5-15)30-18-8-10-29-13-18)20(12-25)23(28-22(19)26)31-14-16-3-1-2-9-27-16/h1-7,9,18H,8,10,13-14H2,(H2,26,28)/t18-/m1/s1. The van der Waals surface area contributed by atoms with E-state index in [-0.39, 0.29) is 17.5 Å². The quantitative estimate of drug-likeness (QED) is 0.586.